The fourth-order valence-corrected chi connectivity index (χ4v) is 2.42. The molecule has 1 saturated carbocycles. The summed E-state index contributed by atoms with van der Waals surface area (Å²) in [6.07, 6.45) is -4.76. The van der Waals surface area contributed by atoms with Crippen molar-refractivity contribution in [1.82, 2.24) is 5.32 Å². The molecular weight excluding hydrogens is 330 g/mol. The summed E-state index contributed by atoms with van der Waals surface area (Å²) >= 11 is 11.4. The maximum Gasteiger partial charge on any atom is 0.423 e. The second kappa shape index (κ2) is 5.34. The molecule has 2 N–H and O–H groups in total. The van der Waals surface area contributed by atoms with Crippen LogP contribution >= 0.6 is 23.2 Å². The summed E-state index contributed by atoms with van der Waals surface area (Å²) < 4.78 is 38.2. The average Bonchev–Trinajstić information content (AvgIpc) is 3.04. The Bertz CT molecular complexity index is 536. The van der Waals surface area contributed by atoms with Crippen molar-refractivity contribution in [3.05, 3.63) is 35.9 Å². The minimum Gasteiger partial charge on any atom is -0.375 e. The molecule has 2 atom stereocenters. The van der Waals surface area contributed by atoms with Gasteiger partial charge in [0.05, 0.1) is 12.5 Å². The van der Waals surface area contributed by atoms with Crippen LogP contribution < -0.4 is 5.32 Å². The zero-order valence-corrected chi connectivity index (χ0v) is 12.1. The van der Waals surface area contributed by atoms with Crippen molar-refractivity contribution in [3.63, 3.8) is 0 Å². The Morgan fingerprint density at radius 3 is 2.29 bits per heavy atom. The lowest BCUT2D eigenvalue weighted by Gasteiger charge is -2.31. The minimum absolute atomic E-state index is 0.178. The highest BCUT2D eigenvalue weighted by Gasteiger charge is 2.58. The van der Waals surface area contributed by atoms with Gasteiger partial charge in [0.15, 0.2) is 0 Å². The number of carbonyl (C=O) groups is 1. The first-order valence-electron chi connectivity index (χ1n) is 6.08. The maximum absolute atomic E-state index is 13.2. The third-order valence-electron chi connectivity index (χ3n) is 3.38. The van der Waals surface area contributed by atoms with Gasteiger partial charge in [0, 0.05) is 0 Å². The van der Waals surface area contributed by atoms with Crippen LogP contribution in [0, 0.1) is 5.92 Å². The van der Waals surface area contributed by atoms with E-state index in [4.69, 9.17) is 23.2 Å². The van der Waals surface area contributed by atoms with Crippen LogP contribution in [0.4, 0.5) is 13.2 Å². The summed E-state index contributed by atoms with van der Waals surface area (Å²) in [5.74, 6) is -1.47. The van der Waals surface area contributed by atoms with Crippen LogP contribution in [0.1, 0.15) is 12.0 Å². The molecule has 0 aromatic heterocycles. The summed E-state index contributed by atoms with van der Waals surface area (Å²) in [5, 5.41) is 12.1. The second-order valence-corrected chi connectivity index (χ2v) is 6.50. The van der Waals surface area contributed by atoms with Gasteiger partial charge in [-0.25, -0.2) is 0 Å². The van der Waals surface area contributed by atoms with Crippen LogP contribution in [-0.2, 0) is 10.4 Å². The summed E-state index contributed by atoms with van der Waals surface area (Å²) in [5.41, 5.74) is -3.52. The number of rotatable bonds is 4. The Kier molecular flexibility index (Phi) is 4.17. The van der Waals surface area contributed by atoms with Gasteiger partial charge in [0.25, 0.3) is 0 Å². The van der Waals surface area contributed by atoms with Crippen molar-refractivity contribution in [2.45, 2.75) is 22.5 Å². The van der Waals surface area contributed by atoms with E-state index < -0.39 is 34.5 Å². The number of hydrogen-bond donors (Lipinski definition) is 2. The van der Waals surface area contributed by atoms with Gasteiger partial charge in [0.1, 0.15) is 4.33 Å². The highest BCUT2D eigenvalue weighted by atomic mass is 35.5. The molecule has 0 heterocycles. The predicted octanol–water partition coefficient (Wildman–Crippen LogP) is 2.75. The molecule has 0 aliphatic heterocycles. The third-order valence-corrected chi connectivity index (χ3v) is 4.22. The third kappa shape index (κ3) is 3.27. The molecule has 1 aromatic rings. The zero-order chi connectivity index (χ0) is 15.9. The second-order valence-electron chi connectivity index (χ2n) is 4.96. The molecule has 2 unspecified atom stereocenters. The van der Waals surface area contributed by atoms with Crippen LogP contribution in [0.3, 0.4) is 0 Å². The molecule has 1 aliphatic carbocycles. The van der Waals surface area contributed by atoms with Crippen LogP contribution in [0.2, 0.25) is 0 Å². The summed E-state index contributed by atoms with van der Waals surface area (Å²) in [7, 11) is 0. The number of carbonyl (C=O) groups excluding carboxylic acids is 1. The van der Waals surface area contributed by atoms with E-state index in [0.29, 0.717) is 0 Å². The molecule has 1 aromatic carbocycles. The molecule has 0 saturated heterocycles. The van der Waals surface area contributed by atoms with E-state index >= 15 is 0 Å². The van der Waals surface area contributed by atoms with E-state index in [-0.39, 0.29) is 12.0 Å². The number of amides is 1. The van der Waals surface area contributed by atoms with Crippen molar-refractivity contribution >= 4 is 29.1 Å². The number of alkyl halides is 5. The van der Waals surface area contributed by atoms with Crippen molar-refractivity contribution in [1.29, 1.82) is 0 Å². The largest absolute Gasteiger partial charge is 0.423 e. The highest BCUT2D eigenvalue weighted by Crippen LogP contribution is 2.53. The van der Waals surface area contributed by atoms with E-state index in [2.05, 4.69) is 5.32 Å². The van der Waals surface area contributed by atoms with E-state index in [1.165, 1.54) is 18.2 Å². The lowest BCUT2D eigenvalue weighted by molar-refractivity contribution is -0.264. The van der Waals surface area contributed by atoms with Gasteiger partial charge in [-0.15, -0.1) is 23.2 Å². The molecule has 3 nitrogen and oxygen atoms in total. The summed E-state index contributed by atoms with van der Waals surface area (Å²) in [6, 6.07) is 6.56. The monoisotopic (exact) mass is 341 g/mol. The Balaban J connectivity index is 2.13. The molecule has 0 radical (unpaired) electrons. The summed E-state index contributed by atoms with van der Waals surface area (Å²) in [4.78, 5) is 11.7. The molecule has 21 heavy (non-hydrogen) atoms. The minimum atomic E-state index is -4.94. The molecule has 116 valence electrons. The molecule has 0 bridgehead atoms. The molecule has 1 amide bonds. The summed E-state index contributed by atoms with van der Waals surface area (Å²) in [6.45, 7) is -1.00. The lowest BCUT2D eigenvalue weighted by Crippen LogP contribution is -2.51. The van der Waals surface area contributed by atoms with Crippen LogP contribution in [-0.4, -0.2) is 28.1 Å². The fraction of sp³-hybridized carbons (Fsp3) is 0.462. The zero-order valence-electron chi connectivity index (χ0n) is 10.6. The van der Waals surface area contributed by atoms with Gasteiger partial charge in [-0.2, -0.15) is 13.2 Å². The highest BCUT2D eigenvalue weighted by molar-refractivity contribution is 6.52. The number of aliphatic hydroxyl groups is 1. The van der Waals surface area contributed by atoms with Crippen molar-refractivity contribution in [2.24, 2.45) is 5.92 Å². The molecule has 1 aliphatic rings. The van der Waals surface area contributed by atoms with Gasteiger partial charge < -0.3 is 10.4 Å². The molecule has 0 spiro atoms. The topological polar surface area (TPSA) is 49.3 Å². The number of halogens is 5. The first-order valence-corrected chi connectivity index (χ1v) is 6.84. The van der Waals surface area contributed by atoms with E-state index in [1.807, 2.05) is 0 Å². The van der Waals surface area contributed by atoms with Crippen molar-refractivity contribution in [2.75, 3.05) is 6.54 Å². The van der Waals surface area contributed by atoms with Crippen LogP contribution in [0.25, 0.3) is 0 Å². The fourth-order valence-electron chi connectivity index (χ4n) is 1.92. The smallest absolute Gasteiger partial charge is 0.375 e. The van der Waals surface area contributed by atoms with Crippen LogP contribution in [0.15, 0.2) is 30.3 Å². The quantitative estimate of drug-likeness (QED) is 0.827. The van der Waals surface area contributed by atoms with Gasteiger partial charge in [-0.3, -0.25) is 4.79 Å². The van der Waals surface area contributed by atoms with Gasteiger partial charge in [-0.05, 0) is 12.0 Å². The Morgan fingerprint density at radius 1 is 1.33 bits per heavy atom. The molecule has 1 fully saturated rings. The van der Waals surface area contributed by atoms with E-state index in [1.54, 1.807) is 0 Å². The van der Waals surface area contributed by atoms with Crippen molar-refractivity contribution < 1.29 is 23.1 Å². The normalized spacial score (nSPS) is 23.2. The van der Waals surface area contributed by atoms with Gasteiger partial charge in [0.2, 0.25) is 11.5 Å². The van der Waals surface area contributed by atoms with Gasteiger partial charge >= 0.3 is 6.18 Å². The average molecular weight is 342 g/mol. The predicted molar refractivity (Wildman–Crippen MR) is 71.9 cm³/mol. The Labute approximate surface area is 129 Å². The lowest BCUT2D eigenvalue weighted by atomic mass is 9.93. The van der Waals surface area contributed by atoms with Crippen molar-refractivity contribution in [3.8, 4) is 0 Å². The maximum atomic E-state index is 13.2. The molecule has 8 heteroatoms. The first-order chi connectivity index (χ1) is 9.58. The molecule has 2 rings (SSSR count). The Morgan fingerprint density at radius 2 is 1.86 bits per heavy atom. The SMILES string of the molecule is O=C(NCC(O)(c1ccccc1)C(F)(F)F)C1CC1(Cl)Cl. The number of nitrogens with one attached hydrogen (secondary N) is 1. The standard InChI is InChI=1S/C13H12Cl2F3NO2/c14-12(15)6-9(12)10(20)19-7-11(21,13(16,17)18)8-4-2-1-3-5-8/h1-5,9,21H,6-7H2,(H,19,20). The number of hydrogen-bond acceptors (Lipinski definition) is 2. The van der Waals surface area contributed by atoms with Gasteiger partial charge in [-0.1, -0.05) is 30.3 Å². The number of benzene rings is 1. The van der Waals surface area contributed by atoms with E-state index in [9.17, 15) is 23.1 Å². The van der Waals surface area contributed by atoms with E-state index in [0.717, 1.165) is 12.1 Å². The van der Waals surface area contributed by atoms with Crippen LogP contribution in [0.5, 0.6) is 0 Å². The first kappa shape index (κ1) is 16.4. The molecular formula is C13H12Cl2F3NO2. The Hall–Kier alpha value is -0.980.